The molecule has 0 rings (SSSR count). The second-order valence-corrected chi connectivity index (χ2v) is 5.72. The third-order valence-electron chi connectivity index (χ3n) is 1.69. The van der Waals surface area contributed by atoms with Crippen molar-refractivity contribution in [3.05, 3.63) is 0 Å². The van der Waals surface area contributed by atoms with E-state index in [1.165, 1.54) is 0 Å². The first-order valence-electron chi connectivity index (χ1n) is 4.95. The molecule has 20 heavy (non-hydrogen) atoms. The maximum atomic E-state index is 11.9. The first-order chi connectivity index (χ1) is 8.87. The fraction of sp³-hybridized carbons (Fsp3) is 0.875. The van der Waals surface area contributed by atoms with E-state index in [0.717, 1.165) is 7.11 Å². The zero-order valence-corrected chi connectivity index (χ0v) is 11.0. The van der Waals surface area contributed by atoms with Gasteiger partial charge in [-0.15, -0.1) is 0 Å². The van der Waals surface area contributed by atoms with Crippen LogP contribution in [0.4, 0.5) is 26.3 Å². The van der Waals surface area contributed by atoms with E-state index in [9.17, 15) is 35.7 Å². The normalized spacial score (nSPS) is 15.8. The molecule has 0 N–H and O–H groups in total. The van der Waals surface area contributed by atoms with Gasteiger partial charge < -0.3 is 9.26 Å². The molecule has 0 radical (unpaired) electrons. The van der Waals surface area contributed by atoms with Crippen LogP contribution < -0.4 is 0 Å². The zero-order chi connectivity index (χ0) is 16.0. The molecular weight excluding hydrogens is 321 g/mol. The molecule has 0 spiro atoms. The van der Waals surface area contributed by atoms with E-state index in [0.29, 0.717) is 0 Å². The van der Waals surface area contributed by atoms with Crippen molar-refractivity contribution in [2.75, 3.05) is 26.5 Å². The molecule has 5 nitrogen and oxygen atoms in total. The molecule has 1 atom stereocenters. The SMILES string of the molecule is COP(=O)(CCC(=O)OCC(F)(F)F)OCC(F)(F)F. The Hall–Kier alpha value is -0.800. The second kappa shape index (κ2) is 7.28. The molecule has 0 amide bonds. The van der Waals surface area contributed by atoms with Crippen molar-refractivity contribution in [2.45, 2.75) is 18.8 Å². The Morgan fingerprint density at radius 3 is 1.95 bits per heavy atom. The maximum absolute atomic E-state index is 11.9. The third-order valence-corrected chi connectivity index (χ3v) is 3.54. The van der Waals surface area contributed by atoms with Gasteiger partial charge in [0.1, 0.15) is 0 Å². The number of hydrogen-bond donors (Lipinski definition) is 0. The van der Waals surface area contributed by atoms with Gasteiger partial charge in [-0.1, -0.05) is 0 Å². The molecule has 120 valence electrons. The molecule has 0 aliphatic carbocycles. The first kappa shape index (κ1) is 19.2. The van der Waals surface area contributed by atoms with Crippen LogP contribution >= 0.6 is 7.60 Å². The third kappa shape index (κ3) is 10.0. The summed E-state index contributed by atoms with van der Waals surface area (Å²) in [5.41, 5.74) is 0. The number of hydrogen-bond acceptors (Lipinski definition) is 5. The van der Waals surface area contributed by atoms with Crippen molar-refractivity contribution < 1.29 is 49.5 Å². The lowest BCUT2D eigenvalue weighted by molar-refractivity contribution is -0.186. The van der Waals surface area contributed by atoms with Gasteiger partial charge in [0.15, 0.2) is 13.2 Å². The van der Waals surface area contributed by atoms with Crippen molar-refractivity contribution in [3.8, 4) is 0 Å². The summed E-state index contributed by atoms with van der Waals surface area (Å²) in [4.78, 5) is 10.9. The van der Waals surface area contributed by atoms with Crippen molar-refractivity contribution in [1.82, 2.24) is 0 Å². The van der Waals surface area contributed by atoms with Crippen molar-refractivity contribution in [2.24, 2.45) is 0 Å². The van der Waals surface area contributed by atoms with Gasteiger partial charge in [0.2, 0.25) is 0 Å². The van der Waals surface area contributed by atoms with E-state index >= 15 is 0 Å². The molecule has 0 aliphatic heterocycles. The highest BCUT2D eigenvalue weighted by molar-refractivity contribution is 7.53. The van der Waals surface area contributed by atoms with Crippen LogP contribution in [0.15, 0.2) is 0 Å². The standard InChI is InChI=1S/C8H11F6O5P/c1-17-20(16,19-5-8(12,13)14)3-2-6(15)18-4-7(9,10)11/h2-5H2,1H3. The van der Waals surface area contributed by atoms with Gasteiger partial charge in [-0.3, -0.25) is 13.9 Å². The first-order valence-corrected chi connectivity index (χ1v) is 6.68. The minimum absolute atomic E-state index is 0.790. The minimum atomic E-state index is -4.76. The summed E-state index contributed by atoms with van der Waals surface area (Å²) < 4.78 is 94.3. The van der Waals surface area contributed by atoms with Gasteiger partial charge in [0, 0.05) is 7.11 Å². The summed E-state index contributed by atoms with van der Waals surface area (Å²) in [7, 11) is -3.43. The van der Waals surface area contributed by atoms with Crippen LogP contribution in [0, 0.1) is 0 Å². The number of alkyl halides is 6. The molecule has 0 fully saturated rings. The maximum Gasteiger partial charge on any atom is 0.422 e. The van der Waals surface area contributed by atoms with Gasteiger partial charge in [-0.2, -0.15) is 26.3 Å². The van der Waals surface area contributed by atoms with Crippen molar-refractivity contribution in [1.29, 1.82) is 0 Å². The topological polar surface area (TPSA) is 61.8 Å². The lowest BCUT2D eigenvalue weighted by atomic mass is 10.5. The Balaban J connectivity index is 4.24. The second-order valence-electron chi connectivity index (χ2n) is 3.43. The van der Waals surface area contributed by atoms with Gasteiger partial charge in [0.05, 0.1) is 12.6 Å². The number of carbonyl (C=O) groups is 1. The van der Waals surface area contributed by atoms with E-state index in [2.05, 4.69) is 13.8 Å². The van der Waals surface area contributed by atoms with Crippen molar-refractivity contribution >= 4 is 13.6 Å². The predicted molar refractivity (Wildman–Crippen MR) is 53.1 cm³/mol. The summed E-state index contributed by atoms with van der Waals surface area (Å²) in [6.07, 6.45) is -11.1. The number of rotatable bonds is 7. The Morgan fingerprint density at radius 2 is 1.55 bits per heavy atom. The van der Waals surface area contributed by atoms with Gasteiger partial charge in [-0.05, 0) is 0 Å². The Bertz CT molecular complexity index is 365. The highest BCUT2D eigenvalue weighted by Gasteiger charge is 2.35. The Kier molecular flexibility index (Phi) is 6.99. The minimum Gasteiger partial charge on any atom is -0.456 e. The molecule has 0 aliphatic rings. The lowest BCUT2D eigenvalue weighted by Gasteiger charge is -2.17. The number of halogens is 6. The monoisotopic (exact) mass is 332 g/mol. The van der Waals surface area contributed by atoms with Crippen molar-refractivity contribution in [3.63, 3.8) is 0 Å². The van der Waals surface area contributed by atoms with Crippen LogP contribution in [-0.4, -0.2) is 44.8 Å². The van der Waals surface area contributed by atoms with Crippen LogP contribution in [0.3, 0.4) is 0 Å². The summed E-state index contributed by atoms with van der Waals surface area (Å²) in [5, 5.41) is 0. The summed E-state index contributed by atoms with van der Waals surface area (Å²) in [6, 6.07) is 0. The molecular formula is C8H11F6O5P. The average molecular weight is 332 g/mol. The molecule has 1 unspecified atom stereocenters. The smallest absolute Gasteiger partial charge is 0.422 e. The lowest BCUT2D eigenvalue weighted by Crippen LogP contribution is -2.21. The largest absolute Gasteiger partial charge is 0.456 e. The van der Waals surface area contributed by atoms with Gasteiger partial charge in [0.25, 0.3) is 0 Å². The van der Waals surface area contributed by atoms with E-state index in [1.54, 1.807) is 0 Å². The van der Waals surface area contributed by atoms with E-state index in [1.807, 2.05) is 0 Å². The predicted octanol–water partition coefficient (Wildman–Crippen LogP) is 2.90. The average Bonchev–Trinajstić information content (AvgIpc) is 2.29. The number of ether oxygens (including phenoxy) is 1. The summed E-state index contributed by atoms with van der Waals surface area (Å²) in [6.45, 7) is -3.71. The van der Waals surface area contributed by atoms with Gasteiger partial charge in [-0.25, -0.2) is 0 Å². The van der Waals surface area contributed by atoms with Crippen LogP contribution in [0.2, 0.25) is 0 Å². The number of carbonyl (C=O) groups excluding carboxylic acids is 1. The number of esters is 1. The molecule has 0 heterocycles. The fourth-order valence-electron chi connectivity index (χ4n) is 0.843. The molecule has 0 bridgehead atoms. The Morgan fingerprint density at radius 1 is 1.05 bits per heavy atom. The summed E-state index contributed by atoms with van der Waals surface area (Å²) in [5.74, 6) is -1.38. The van der Waals surface area contributed by atoms with Crippen LogP contribution in [0.1, 0.15) is 6.42 Å². The van der Waals surface area contributed by atoms with Crippen LogP contribution in [-0.2, 0) is 23.1 Å². The van der Waals surface area contributed by atoms with E-state index in [-0.39, 0.29) is 0 Å². The fourth-order valence-corrected chi connectivity index (χ4v) is 2.06. The highest BCUT2D eigenvalue weighted by Crippen LogP contribution is 2.48. The molecule has 12 heteroatoms. The summed E-state index contributed by atoms with van der Waals surface area (Å²) >= 11 is 0. The van der Waals surface area contributed by atoms with Crippen LogP contribution in [0.5, 0.6) is 0 Å². The quantitative estimate of drug-likeness (QED) is 0.408. The molecule has 0 aromatic carbocycles. The molecule has 0 saturated heterocycles. The molecule has 0 saturated carbocycles. The Labute approximate surface area is 109 Å². The zero-order valence-electron chi connectivity index (χ0n) is 10.1. The van der Waals surface area contributed by atoms with Gasteiger partial charge >= 0.3 is 25.9 Å². The highest BCUT2D eigenvalue weighted by atomic mass is 31.2. The van der Waals surface area contributed by atoms with Crippen LogP contribution in [0.25, 0.3) is 0 Å². The molecule has 0 aromatic rings. The van der Waals surface area contributed by atoms with E-state index < -0.39 is 51.7 Å². The van der Waals surface area contributed by atoms with E-state index in [4.69, 9.17) is 0 Å². The molecule has 0 aromatic heterocycles.